The Morgan fingerprint density at radius 1 is 1.20 bits per heavy atom. The Labute approximate surface area is 87.2 Å². The summed E-state index contributed by atoms with van der Waals surface area (Å²) in [5.41, 5.74) is 11.6. The third kappa shape index (κ3) is 2.37. The quantitative estimate of drug-likeness (QED) is 0.507. The molecule has 1 aliphatic heterocycles. The zero-order valence-electron chi connectivity index (χ0n) is 8.04. The Hall–Kier alpha value is -1.34. The largest absolute Gasteiger partial charge is 0.375 e. The maximum Gasteiger partial charge on any atom is 0.144 e. The highest BCUT2D eigenvalue weighted by Gasteiger charge is 2.32. The average Bonchev–Trinajstić information content (AvgIpc) is 2.58. The van der Waals surface area contributed by atoms with Gasteiger partial charge in [-0.25, -0.2) is 10.9 Å². The van der Waals surface area contributed by atoms with Crippen molar-refractivity contribution in [1.82, 2.24) is 10.9 Å². The summed E-state index contributed by atoms with van der Waals surface area (Å²) in [6.45, 7) is 0. The molecule has 6 nitrogen and oxygen atoms in total. The van der Waals surface area contributed by atoms with E-state index in [4.69, 9.17) is 5.73 Å². The van der Waals surface area contributed by atoms with Gasteiger partial charge in [0.05, 0.1) is 11.9 Å². The van der Waals surface area contributed by atoms with Crippen molar-refractivity contribution in [2.45, 2.75) is 18.4 Å². The highest BCUT2D eigenvalue weighted by Crippen LogP contribution is 2.13. The first-order valence-corrected chi connectivity index (χ1v) is 4.68. The first kappa shape index (κ1) is 10.2. The first-order chi connectivity index (χ1) is 7.27. The van der Waals surface area contributed by atoms with E-state index in [2.05, 4.69) is 21.1 Å². The van der Waals surface area contributed by atoms with Crippen LogP contribution in [0.15, 0.2) is 40.6 Å². The van der Waals surface area contributed by atoms with E-state index < -0.39 is 18.4 Å². The number of nitrogens with two attached hydrogens (primary N) is 1. The summed E-state index contributed by atoms with van der Waals surface area (Å²) in [5.74, 6) is 0. The molecule has 3 unspecified atom stereocenters. The van der Waals surface area contributed by atoms with Crippen LogP contribution in [0.5, 0.6) is 0 Å². The van der Waals surface area contributed by atoms with Crippen molar-refractivity contribution in [1.29, 1.82) is 0 Å². The number of hydrogen-bond acceptors (Lipinski definition) is 6. The van der Waals surface area contributed by atoms with Crippen molar-refractivity contribution in [2.24, 2.45) is 16.0 Å². The minimum absolute atomic E-state index is 0.424. The summed E-state index contributed by atoms with van der Waals surface area (Å²) in [5, 5.41) is 17.4. The summed E-state index contributed by atoms with van der Waals surface area (Å²) in [6, 6.07) is 8.84. The van der Waals surface area contributed by atoms with Crippen LogP contribution in [0.1, 0.15) is 0 Å². The highest BCUT2D eigenvalue weighted by molar-refractivity contribution is 5.34. The topological polar surface area (TPSA) is 95.0 Å². The molecule has 1 aromatic carbocycles. The van der Waals surface area contributed by atoms with E-state index in [0.717, 1.165) is 5.69 Å². The smallest absolute Gasteiger partial charge is 0.144 e. The van der Waals surface area contributed by atoms with Crippen LogP contribution in [0.2, 0.25) is 0 Å². The average molecular weight is 207 g/mol. The van der Waals surface area contributed by atoms with Gasteiger partial charge < -0.3 is 10.8 Å². The fraction of sp³-hybridized carbons (Fsp3) is 0.333. The molecule has 0 radical (unpaired) electrons. The first-order valence-electron chi connectivity index (χ1n) is 4.68. The lowest BCUT2D eigenvalue weighted by Gasteiger charge is -2.09. The molecule has 1 fully saturated rings. The number of rotatable bonds is 2. The van der Waals surface area contributed by atoms with E-state index in [1.165, 1.54) is 0 Å². The van der Waals surface area contributed by atoms with Crippen molar-refractivity contribution < 1.29 is 5.11 Å². The molecule has 1 saturated heterocycles. The molecule has 1 aliphatic rings. The molecule has 0 amide bonds. The SMILES string of the molecule is NC1NNC(O)C1N=Nc1ccccc1. The van der Waals surface area contributed by atoms with Crippen LogP contribution in [0.4, 0.5) is 5.69 Å². The fourth-order valence-corrected chi connectivity index (χ4v) is 1.31. The molecule has 0 saturated carbocycles. The molecular weight excluding hydrogens is 194 g/mol. The van der Waals surface area contributed by atoms with Gasteiger partial charge in [-0.15, -0.1) is 0 Å². The van der Waals surface area contributed by atoms with Crippen LogP contribution in [0.3, 0.4) is 0 Å². The second-order valence-corrected chi connectivity index (χ2v) is 3.30. The standard InChI is InChI=1S/C9H13N5O/c10-8-7(9(15)14-13-8)12-11-6-4-2-1-3-5-6/h1-5,7-9,13-15H,10H2. The second kappa shape index (κ2) is 4.45. The molecule has 80 valence electrons. The predicted molar refractivity (Wildman–Crippen MR) is 55.0 cm³/mol. The molecule has 0 bridgehead atoms. The molecule has 2 rings (SSSR count). The molecule has 15 heavy (non-hydrogen) atoms. The van der Waals surface area contributed by atoms with Crippen molar-refractivity contribution >= 4 is 5.69 Å². The maximum absolute atomic E-state index is 9.43. The van der Waals surface area contributed by atoms with E-state index >= 15 is 0 Å². The van der Waals surface area contributed by atoms with Gasteiger partial charge >= 0.3 is 0 Å². The van der Waals surface area contributed by atoms with Gasteiger partial charge in [0, 0.05) is 0 Å². The summed E-state index contributed by atoms with van der Waals surface area (Å²) in [7, 11) is 0. The molecule has 0 aliphatic carbocycles. The normalized spacial score (nSPS) is 31.2. The third-order valence-electron chi connectivity index (χ3n) is 2.15. The lowest BCUT2D eigenvalue weighted by molar-refractivity contribution is 0.135. The number of benzene rings is 1. The lowest BCUT2D eigenvalue weighted by atomic mass is 10.2. The van der Waals surface area contributed by atoms with Crippen molar-refractivity contribution in [2.75, 3.05) is 0 Å². The van der Waals surface area contributed by atoms with Crippen LogP contribution in [-0.2, 0) is 0 Å². The van der Waals surface area contributed by atoms with Gasteiger partial charge in [0.25, 0.3) is 0 Å². The maximum atomic E-state index is 9.43. The molecule has 5 N–H and O–H groups in total. The van der Waals surface area contributed by atoms with Crippen molar-refractivity contribution in [3.63, 3.8) is 0 Å². The van der Waals surface area contributed by atoms with E-state index in [9.17, 15) is 5.11 Å². The van der Waals surface area contributed by atoms with E-state index in [1.54, 1.807) is 0 Å². The molecule has 6 heteroatoms. The summed E-state index contributed by atoms with van der Waals surface area (Å²) < 4.78 is 0. The Bertz CT molecular complexity index is 332. The zero-order chi connectivity index (χ0) is 10.7. The number of azo groups is 1. The van der Waals surface area contributed by atoms with Gasteiger partial charge in [0.15, 0.2) is 0 Å². The van der Waals surface area contributed by atoms with E-state index in [0.29, 0.717) is 0 Å². The monoisotopic (exact) mass is 207 g/mol. The van der Waals surface area contributed by atoms with Crippen molar-refractivity contribution in [3.05, 3.63) is 30.3 Å². The van der Waals surface area contributed by atoms with Gasteiger partial charge in [0.2, 0.25) is 0 Å². The minimum Gasteiger partial charge on any atom is -0.375 e. The fourth-order valence-electron chi connectivity index (χ4n) is 1.31. The van der Waals surface area contributed by atoms with Crippen LogP contribution in [0, 0.1) is 0 Å². The number of aliphatic hydroxyl groups is 1. The van der Waals surface area contributed by atoms with E-state index in [1.807, 2.05) is 30.3 Å². The highest BCUT2D eigenvalue weighted by atomic mass is 16.3. The number of hydrazine groups is 1. The Balaban J connectivity index is 2.05. The number of nitrogens with zero attached hydrogens (tertiary/aromatic N) is 2. The summed E-state index contributed by atoms with van der Waals surface area (Å²) in [4.78, 5) is 0. The number of hydrogen-bond donors (Lipinski definition) is 4. The van der Waals surface area contributed by atoms with Gasteiger partial charge in [0.1, 0.15) is 12.3 Å². The van der Waals surface area contributed by atoms with Crippen LogP contribution in [0.25, 0.3) is 0 Å². The minimum atomic E-state index is -0.799. The Morgan fingerprint density at radius 2 is 1.93 bits per heavy atom. The van der Waals surface area contributed by atoms with Crippen LogP contribution in [-0.4, -0.2) is 23.5 Å². The molecule has 3 atom stereocenters. The Morgan fingerprint density at radius 3 is 2.53 bits per heavy atom. The second-order valence-electron chi connectivity index (χ2n) is 3.30. The van der Waals surface area contributed by atoms with Gasteiger partial charge in [-0.2, -0.15) is 10.2 Å². The molecule has 0 aromatic heterocycles. The molecule has 1 aromatic rings. The summed E-state index contributed by atoms with van der Waals surface area (Å²) in [6.07, 6.45) is -1.22. The Kier molecular flexibility index (Phi) is 3.02. The lowest BCUT2D eigenvalue weighted by Crippen LogP contribution is -2.40. The molecule has 0 spiro atoms. The van der Waals surface area contributed by atoms with Crippen molar-refractivity contribution in [3.8, 4) is 0 Å². The van der Waals surface area contributed by atoms with Crippen LogP contribution < -0.4 is 16.6 Å². The number of aliphatic hydroxyl groups excluding tert-OH is 1. The van der Waals surface area contributed by atoms with Gasteiger partial charge in [-0.1, -0.05) is 18.2 Å². The van der Waals surface area contributed by atoms with Gasteiger partial charge in [-0.05, 0) is 12.1 Å². The van der Waals surface area contributed by atoms with E-state index in [-0.39, 0.29) is 0 Å². The molecular formula is C9H13N5O. The number of nitrogens with one attached hydrogen (secondary N) is 2. The predicted octanol–water partition coefficient (Wildman–Crippen LogP) is -0.150. The third-order valence-corrected chi connectivity index (χ3v) is 2.15. The zero-order valence-corrected chi connectivity index (χ0v) is 8.04. The molecule has 1 heterocycles. The summed E-state index contributed by atoms with van der Waals surface area (Å²) >= 11 is 0. The van der Waals surface area contributed by atoms with Crippen LogP contribution >= 0.6 is 0 Å². The van der Waals surface area contributed by atoms with Gasteiger partial charge in [-0.3, -0.25) is 0 Å².